The standard InChI is InChI=1S/C40H47ClN8O4/c1-25-8-2-3-9-28(25)20-27(23-45-39(51)35-37(42)47-38(43)36(41)46-35)22-44-21-26-14-17-48(18-15-26)34(50)16-19-49(40(52)53)24-33-31-12-6-4-10-29(31)30-11-5-7-13-32(30)33/h2-13,26-27,33,44H,14-24H2,1H3,(H,45,51)(H,52,53)(H4,42,43,47). The summed E-state index contributed by atoms with van der Waals surface area (Å²) in [4.78, 5) is 49.8. The number of aromatic nitrogens is 2. The van der Waals surface area contributed by atoms with Crippen LogP contribution in [-0.2, 0) is 11.2 Å². The molecule has 278 valence electrons. The van der Waals surface area contributed by atoms with Crippen LogP contribution >= 0.6 is 11.6 Å². The number of carbonyl (C=O) groups is 3. The summed E-state index contributed by atoms with van der Waals surface area (Å²) in [5.74, 6) is -0.207. The van der Waals surface area contributed by atoms with Crippen molar-refractivity contribution in [2.45, 2.75) is 38.5 Å². The Morgan fingerprint density at radius 3 is 2.23 bits per heavy atom. The molecule has 0 saturated carbocycles. The van der Waals surface area contributed by atoms with E-state index >= 15 is 0 Å². The van der Waals surface area contributed by atoms with Gasteiger partial charge in [-0.05, 0) is 84.5 Å². The van der Waals surface area contributed by atoms with Crippen LogP contribution in [0.15, 0.2) is 72.8 Å². The first-order chi connectivity index (χ1) is 25.6. The van der Waals surface area contributed by atoms with Crippen molar-refractivity contribution in [2.24, 2.45) is 11.8 Å². The maximum atomic E-state index is 13.3. The molecule has 1 aromatic heterocycles. The largest absolute Gasteiger partial charge is 0.465 e. The van der Waals surface area contributed by atoms with Gasteiger partial charge < -0.3 is 37.0 Å². The van der Waals surface area contributed by atoms with Crippen molar-refractivity contribution in [1.29, 1.82) is 0 Å². The third kappa shape index (κ3) is 9.06. The van der Waals surface area contributed by atoms with Crippen molar-refractivity contribution in [3.63, 3.8) is 0 Å². The Hall–Kier alpha value is -5.20. The van der Waals surface area contributed by atoms with Crippen LogP contribution in [0.25, 0.3) is 11.1 Å². The number of piperidine rings is 1. The number of carbonyl (C=O) groups excluding carboxylic acids is 2. The van der Waals surface area contributed by atoms with Crippen molar-refractivity contribution in [3.05, 3.63) is 106 Å². The number of rotatable bonds is 14. The fourth-order valence-electron chi connectivity index (χ4n) is 7.50. The van der Waals surface area contributed by atoms with E-state index in [2.05, 4.69) is 63.9 Å². The molecule has 1 atom stereocenters. The number of benzene rings is 3. The lowest BCUT2D eigenvalue weighted by Gasteiger charge is -2.33. The van der Waals surface area contributed by atoms with Gasteiger partial charge in [0.25, 0.3) is 5.91 Å². The molecule has 0 bridgehead atoms. The minimum atomic E-state index is -1.02. The molecule has 6 rings (SSSR count). The number of carboxylic acid groups (broad SMARTS) is 1. The Morgan fingerprint density at radius 1 is 0.925 bits per heavy atom. The summed E-state index contributed by atoms with van der Waals surface area (Å²) in [6.45, 7) is 5.63. The first-order valence-corrected chi connectivity index (χ1v) is 18.5. The van der Waals surface area contributed by atoms with Gasteiger partial charge in [0.2, 0.25) is 5.91 Å². The zero-order valence-corrected chi connectivity index (χ0v) is 30.7. The first kappa shape index (κ1) is 37.6. The molecule has 0 radical (unpaired) electrons. The molecule has 2 aliphatic rings. The van der Waals surface area contributed by atoms with Crippen LogP contribution < -0.4 is 22.1 Å². The van der Waals surface area contributed by atoms with Gasteiger partial charge in [-0.1, -0.05) is 84.4 Å². The van der Waals surface area contributed by atoms with Gasteiger partial charge >= 0.3 is 6.09 Å². The van der Waals surface area contributed by atoms with Gasteiger partial charge in [-0.2, -0.15) is 0 Å². The van der Waals surface area contributed by atoms with Gasteiger partial charge in [-0.25, -0.2) is 14.8 Å². The molecular weight excluding hydrogens is 692 g/mol. The summed E-state index contributed by atoms with van der Waals surface area (Å²) < 4.78 is 0. The van der Waals surface area contributed by atoms with Crippen LogP contribution in [0.1, 0.15) is 57.9 Å². The van der Waals surface area contributed by atoms with E-state index in [1.165, 1.54) is 16.0 Å². The number of nitrogens with one attached hydrogen (secondary N) is 2. The average Bonchev–Trinajstić information content (AvgIpc) is 3.47. The highest BCUT2D eigenvalue weighted by Crippen LogP contribution is 2.44. The van der Waals surface area contributed by atoms with E-state index in [1.54, 1.807) is 0 Å². The van der Waals surface area contributed by atoms with E-state index in [4.69, 9.17) is 23.1 Å². The molecular formula is C40H47ClN8O4. The lowest BCUT2D eigenvalue weighted by Crippen LogP contribution is -2.43. The van der Waals surface area contributed by atoms with E-state index in [-0.39, 0.29) is 53.2 Å². The Balaban J connectivity index is 0.975. The number of hydrogen-bond acceptors (Lipinski definition) is 8. The lowest BCUT2D eigenvalue weighted by molar-refractivity contribution is -0.132. The topological polar surface area (TPSA) is 180 Å². The molecule has 53 heavy (non-hydrogen) atoms. The molecule has 1 unspecified atom stereocenters. The van der Waals surface area contributed by atoms with Crippen molar-refractivity contribution >= 4 is 41.1 Å². The monoisotopic (exact) mass is 738 g/mol. The fourth-order valence-corrected chi connectivity index (χ4v) is 7.63. The van der Waals surface area contributed by atoms with Crippen LogP contribution in [-0.4, -0.2) is 88.6 Å². The first-order valence-electron chi connectivity index (χ1n) is 18.1. The van der Waals surface area contributed by atoms with Gasteiger partial charge in [0, 0.05) is 45.1 Å². The van der Waals surface area contributed by atoms with Gasteiger partial charge in [0.15, 0.2) is 22.5 Å². The molecule has 0 spiro atoms. The minimum absolute atomic E-state index is 0.0170. The zero-order chi connectivity index (χ0) is 37.5. The minimum Gasteiger partial charge on any atom is -0.465 e. The summed E-state index contributed by atoms with van der Waals surface area (Å²) in [5, 5.41) is 16.6. The summed E-state index contributed by atoms with van der Waals surface area (Å²) in [6, 6.07) is 24.5. The van der Waals surface area contributed by atoms with Crippen molar-refractivity contribution in [3.8, 4) is 11.1 Å². The Morgan fingerprint density at radius 2 is 1.57 bits per heavy atom. The van der Waals surface area contributed by atoms with E-state index in [0.29, 0.717) is 38.6 Å². The number of hydrogen-bond donors (Lipinski definition) is 5. The molecule has 12 nitrogen and oxygen atoms in total. The van der Waals surface area contributed by atoms with Crippen LogP contribution in [0.3, 0.4) is 0 Å². The number of aryl methyl sites for hydroxylation is 1. The van der Waals surface area contributed by atoms with E-state index in [0.717, 1.165) is 48.1 Å². The van der Waals surface area contributed by atoms with E-state index in [1.807, 2.05) is 41.3 Å². The molecule has 2 heterocycles. The van der Waals surface area contributed by atoms with Crippen molar-refractivity contribution in [2.75, 3.05) is 57.3 Å². The lowest BCUT2D eigenvalue weighted by atomic mass is 9.94. The number of nitrogen functional groups attached to an aromatic ring is 2. The van der Waals surface area contributed by atoms with E-state index in [9.17, 15) is 19.5 Å². The summed E-state index contributed by atoms with van der Waals surface area (Å²) in [5.41, 5.74) is 18.4. The number of halogens is 1. The number of fused-ring (bicyclic) bond motifs is 3. The van der Waals surface area contributed by atoms with Gasteiger partial charge in [0.05, 0.1) is 0 Å². The fraction of sp³-hybridized carbons (Fsp3) is 0.375. The number of likely N-dealkylation sites (tertiary alicyclic amines) is 1. The highest BCUT2D eigenvalue weighted by atomic mass is 35.5. The van der Waals surface area contributed by atoms with Crippen LogP contribution in [0, 0.1) is 18.8 Å². The quantitative estimate of drug-likeness (QED) is 0.116. The maximum Gasteiger partial charge on any atom is 0.407 e. The average molecular weight is 739 g/mol. The van der Waals surface area contributed by atoms with Gasteiger partial charge in [-0.15, -0.1) is 0 Å². The Kier molecular flexibility index (Phi) is 12.1. The second kappa shape index (κ2) is 17.1. The molecule has 3 amide bonds. The zero-order valence-electron chi connectivity index (χ0n) is 29.9. The van der Waals surface area contributed by atoms with Gasteiger partial charge in [-0.3, -0.25) is 9.59 Å². The van der Waals surface area contributed by atoms with Crippen LogP contribution in [0.5, 0.6) is 0 Å². The molecule has 1 fully saturated rings. The molecule has 1 saturated heterocycles. The molecule has 3 aromatic carbocycles. The number of nitrogens with two attached hydrogens (primary N) is 2. The van der Waals surface area contributed by atoms with Gasteiger partial charge in [0.1, 0.15) is 0 Å². The number of anilines is 2. The smallest absolute Gasteiger partial charge is 0.407 e. The highest BCUT2D eigenvalue weighted by Gasteiger charge is 2.31. The van der Waals surface area contributed by atoms with Crippen molar-refractivity contribution in [1.82, 2.24) is 30.4 Å². The second-order valence-electron chi connectivity index (χ2n) is 14.0. The summed E-state index contributed by atoms with van der Waals surface area (Å²) in [6.07, 6.45) is 1.59. The number of amides is 3. The SMILES string of the molecule is Cc1ccccc1CC(CNCC1CCN(C(=O)CCN(CC2c3ccccc3-c3ccccc32)C(=O)O)CC1)CNC(=O)c1nc(Cl)c(N)nc1N. The Bertz CT molecular complexity index is 1900. The summed E-state index contributed by atoms with van der Waals surface area (Å²) >= 11 is 5.99. The third-order valence-corrected chi connectivity index (χ3v) is 10.8. The Labute approximate surface area is 314 Å². The second-order valence-corrected chi connectivity index (χ2v) is 14.4. The summed E-state index contributed by atoms with van der Waals surface area (Å²) in [7, 11) is 0. The van der Waals surface area contributed by atoms with Crippen molar-refractivity contribution < 1.29 is 19.5 Å². The third-order valence-electron chi connectivity index (χ3n) is 10.5. The predicted molar refractivity (Wildman–Crippen MR) is 207 cm³/mol. The maximum absolute atomic E-state index is 13.3. The highest BCUT2D eigenvalue weighted by molar-refractivity contribution is 6.31. The molecule has 4 aromatic rings. The molecule has 13 heteroatoms. The van der Waals surface area contributed by atoms with E-state index < -0.39 is 12.0 Å². The molecule has 7 N–H and O–H groups in total. The van der Waals surface area contributed by atoms with Crippen LogP contribution in [0.4, 0.5) is 16.4 Å². The predicted octanol–water partition coefficient (Wildman–Crippen LogP) is 5.20. The number of nitrogens with zero attached hydrogens (tertiary/aromatic N) is 4. The molecule has 1 aliphatic heterocycles. The van der Waals surface area contributed by atoms with Crippen LogP contribution in [0.2, 0.25) is 5.15 Å². The normalized spacial score (nSPS) is 14.7. The molecule has 1 aliphatic carbocycles.